The van der Waals surface area contributed by atoms with Gasteiger partial charge in [-0.1, -0.05) is 0 Å². The molecule has 1 aliphatic heterocycles. The molecule has 0 aliphatic carbocycles. The summed E-state index contributed by atoms with van der Waals surface area (Å²) in [6.07, 6.45) is 1.87. The summed E-state index contributed by atoms with van der Waals surface area (Å²) >= 11 is 0. The monoisotopic (exact) mass is 345 g/mol. The quantitative estimate of drug-likeness (QED) is 0.642. The Labute approximate surface area is 130 Å². The standard InChI is InChI=1S/C11H16N5O6P/c1-20-23(18,19)21-4-6-2-3-7(22-6)16-5-13-8-9(16)14-11(12)15-10(8)17/h5-7H,2-4H2,1H3,(H,18,19)(H3,12,14,15,17)/t6-,7+/m0/s1. The molecule has 12 heteroatoms. The lowest BCUT2D eigenvalue weighted by molar-refractivity contribution is -0.0213. The summed E-state index contributed by atoms with van der Waals surface area (Å²) in [6, 6.07) is 0. The summed E-state index contributed by atoms with van der Waals surface area (Å²) < 4.78 is 27.8. The number of nitrogens with two attached hydrogens (primary N) is 1. The van der Waals surface area contributed by atoms with Gasteiger partial charge in [0, 0.05) is 7.11 Å². The number of aromatic amines is 1. The first-order valence-electron chi connectivity index (χ1n) is 6.80. The number of hydrogen-bond donors (Lipinski definition) is 3. The number of phosphoric ester groups is 1. The number of H-pyrrole nitrogens is 1. The van der Waals surface area contributed by atoms with Crippen molar-refractivity contribution in [1.82, 2.24) is 19.5 Å². The zero-order valence-corrected chi connectivity index (χ0v) is 13.1. The molecule has 0 amide bonds. The molecule has 126 valence electrons. The SMILES string of the molecule is COP(=O)(O)OC[C@@H]1CC[C@H](n2cnc3c(=O)[nH]c(N)nc32)O1. The molecule has 3 rings (SSSR count). The molecule has 1 saturated heterocycles. The fourth-order valence-electron chi connectivity index (χ4n) is 2.40. The third-order valence-electron chi connectivity index (χ3n) is 3.50. The molecule has 0 saturated carbocycles. The van der Waals surface area contributed by atoms with Gasteiger partial charge in [0.25, 0.3) is 5.56 Å². The second-order valence-electron chi connectivity index (χ2n) is 5.01. The highest BCUT2D eigenvalue weighted by Crippen LogP contribution is 2.43. The van der Waals surface area contributed by atoms with Crippen molar-refractivity contribution in [3.8, 4) is 0 Å². The van der Waals surface area contributed by atoms with Crippen LogP contribution in [-0.4, -0.2) is 44.2 Å². The molecule has 0 spiro atoms. The van der Waals surface area contributed by atoms with Crippen molar-refractivity contribution in [2.45, 2.75) is 25.2 Å². The summed E-state index contributed by atoms with van der Waals surface area (Å²) in [4.78, 5) is 31.4. The number of hydrogen-bond acceptors (Lipinski definition) is 8. The first-order chi connectivity index (χ1) is 10.9. The number of anilines is 1. The minimum Gasteiger partial charge on any atom is -0.369 e. The van der Waals surface area contributed by atoms with Gasteiger partial charge >= 0.3 is 7.82 Å². The molecule has 11 nitrogen and oxygen atoms in total. The second kappa shape index (κ2) is 6.02. The molecule has 0 aromatic carbocycles. The Kier molecular flexibility index (Phi) is 4.21. The number of rotatable bonds is 5. The lowest BCUT2D eigenvalue weighted by atomic mass is 10.2. The van der Waals surface area contributed by atoms with E-state index in [9.17, 15) is 14.3 Å². The van der Waals surface area contributed by atoms with E-state index in [-0.39, 0.29) is 24.2 Å². The van der Waals surface area contributed by atoms with Crippen LogP contribution in [0.25, 0.3) is 11.2 Å². The van der Waals surface area contributed by atoms with Gasteiger partial charge in [0.1, 0.15) is 6.23 Å². The van der Waals surface area contributed by atoms with Gasteiger partial charge in [-0.05, 0) is 12.8 Å². The lowest BCUT2D eigenvalue weighted by Crippen LogP contribution is -2.17. The van der Waals surface area contributed by atoms with Gasteiger partial charge < -0.3 is 15.4 Å². The number of fused-ring (bicyclic) bond motifs is 1. The van der Waals surface area contributed by atoms with Crippen molar-refractivity contribution in [3.63, 3.8) is 0 Å². The van der Waals surface area contributed by atoms with E-state index in [1.54, 1.807) is 4.57 Å². The van der Waals surface area contributed by atoms with E-state index in [1.165, 1.54) is 6.33 Å². The van der Waals surface area contributed by atoms with Crippen LogP contribution >= 0.6 is 7.82 Å². The van der Waals surface area contributed by atoms with E-state index in [0.29, 0.717) is 18.5 Å². The summed E-state index contributed by atoms with van der Waals surface area (Å²) in [5, 5.41) is 0. The Hall–Kier alpha value is -1.78. The zero-order valence-electron chi connectivity index (χ0n) is 12.2. The third kappa shape index (κ3) is 3.28. The third-order valence-corrected chi connectivity index (χ3v) is 4.44. The highest BCUT2D eigenvalue weighted by molar-refractivity contribution is 7.47. The van der Waals surface area contributed by atoms with Crippen LogP contribution in [0.5, 0.6) is 0 Å². The molecular formula is C11H16N5O6P. The number of nitrogens with one attached hydrogen (secondary N) is 1. The van der Waals surface area contributed by atoms with Crippen molar-refractivity contribution in [3.05, 3.63) is 16.7 Å². The summed E-state index contributed by atoms with van der Waals surface area (Å²) in [5.41, 5.74) is 5.61. The van der Waals surface area contributed by atoms with E-state index < -0.39 is 19.6 Å². The van der Waals surface area contributed by atoms with Gasteiger partial charge in [-0.15, -0.1) is 0 Å². The van der Waals surface area contributed by atoms with Crippen LogP contribution in [0.15, 0.2) is 11.1 Å². The van der Waals surface area contributed by atoms with Crippen molar-refractivity contribution in [1.29, 1.82) is 0 Å². The van der Waals surface area contributed by atoms with Gasteiger partial charge in [0.15, 0.2) is 11.2 Å². The smallest absolute Gasteiger partial charge is 0.369 e. The Balaban J connectivity index is 1.75. The number of aromatic nitrogens is 4. The van der Waals surface area contributed by atoms with Crippen LogP contribution in [0.1, 0.15) is 19.1 Å². The van der Waals surface area contributed by atoms with E-state index in [2.05, 4.69) is 19.5 Å². The Bertz CT molecular complexity index is 819. The fourth-order valence-corrected chi connectivity index (χ4v) is 2.86. The first kappa shape index (κ1) is 16.1. The minimum atomic E-state index is -4.03. The zero-order chi connectivity index (χ0) is 16.6. The van der Waals surface area contributed by atoms with Crippen molar-refractivity contribution < 1.29 is 23.2 Å². The molecule has 0 radical (unpaired) electrons. The molecule has 1 fully saturated rings. The highest BCUT2D eigenvalue weighted by Gasteiger charge is 2.31. The Morgan fingerprint density at radius 3 is 3.13 bits per heavy atom. The average molecular weight is 345 g/mol. The van der Waals surface area contributed by atoms with E-state index in [1.807, 2.05) is 0 Å². The molecule has 0 bridgehead atoms. The largest absolute Gasteiger partial charge is 0.472 e. The van der Waals surface area contributed by atoms with E-state index >= 15 is 0 Å². The average Bonchev–Trinajstić information content (AvgIpc) is 3.11. The molecule has 2 aromatic rings. The second-order valence-corrected chi connectivity index (χ2v) is 6.57. The van der Waals surface area contributed by atoms with Crippen LogP contribution in [0.4, 0.5) is 5.95 Å². The predicted octanol–water partition coefficient (Wildman–Crippen LogP) is 0.143. The summed E-state index contributed by atoms with van der Waals surface area (Å²) in [5.74, 6) is -0.0107. The molecule has 2 aromatic heterocycles. The fraction of sp³-hybridized carbons (Fsp3) is 0.545. The predicted molar refractivity (Wildman–Crippen MR) is 78.5 cm³/mol. The van der Waals surface area contributed by atoms with Crippen LogP contribution in [0, 0.1) is 0 Å². The molecular weight excluding hydrogens is 329 g/mol. The highest BCUT2D eigenvalue weighted by atomic mass is 31.2. The van der Waals surface area contributed by atoms with Crippen molar-refractivity contribution >= 4 is 24.9 Å². The molecule has 3 heterocycles. The first-order valence-corrected chi connectivity index (χ1v) is 8.30. The van der Waals surface area contributed by atoms with E-state index in [0.717, 1.165) is 7.11 Å². The van der Waals surface area contributed by atoms with Gasteiger partial charge in [-0.2, -0.15) is 4.98 Å². The number of imidazole rings is 1. The molecule has 1 aliphatic rings. The van der Waals surface area contributed by atoms with Crippen molar-refractivity contribution in [2.75, 3.05) is 19.5 Å². The molecule has 23 heavy (non-hydrogen) atoms. The van der Waals surface area contributed by atoms with Gasteiger partial charge in [-0.3, -0.25) is 23.4 Å². The molecule has 3 atom stereocenters. The number of phosphoric acid groups is 1. The number of nitrogens with zero attached hydrogens (tertiary/aromatic N) is 3. The normalized spacial score (nSPS) is 24.1. The lowest BCUT2D eigenvalue weighted by Gasteiger charge is -2.16. The van der Waals surface area contributed by atoms with E-state index in [4.69, 9.17) is 15.0 Å². The Morgan fingerprint density at radius 1 is 1.61 bits per heavy atom. The van der Waals surface area contributed by atoms with Crippen LogP contribution < -0.4 is 11.3 Å². The van der Waals surface area contributed by atoms with Gasteiger partial charge in [0.2, 0.25) is 5.95 Å². The molecule has 1 unspecified atom stereocenters. The summed E-state index contributed by atoms with van der Waals surface area (Å²) in [7, 11) is -2.94. The van der Waals surface area contributed by atoms with Crippen LogP contribution in [0.3, 0.4) is 0 Å². The maximum absolute atomic E-state index is 11.8. The Morgan fingerprint density at radius 2 is 2.39 bits per heavy atom. The van der Waals surface area contributed by atoms with Crippen molar-refractivity contribution in [2.24, 2.45) is 0 Å². The van der Waals surface area contributed by atoms with Crippen LogP contribution in [0.2, 0.25) is 0 Å². The minimum absolute atomic E-state index is 0.0107. The molecule has 4 N–H and O–H groups in total. The van der Waals surface area contributed by atoms with Crippen LogP contribution in [-0.2, 0) is 18.3 Å². The maximum Gasteiger partial charge on any atom is 0.472 e. The van der Waals surface area contributed by atoms with Gasteiger partial charge in [-0.25, -0.2) is 9.55 Å². The topological polar surface area (TPSA) is 155 Å². The van der Waals surface area contributed by atoms with Gasteiger partial charge in [0.05, 0.1) is 19.0 Å². The number of nitrogen functional groups attached to an aromatic ring is 1. The maximum atomic E-state index is 11.8. The summed E-state index contributed by atoms with van der Waals surface area (Å²) in [6.45, 7) is -0.0824. The number of ether oxygens (including phenoxy) is 1.